The summed E-state index contributed by atoms with van der Waals surface area (Å²) in [7, 11) is 1.91. The summed E-state index contributed by atoms with van der Waals surface area (Å²) in [6, 6.07) is 12.8. The van der Waals surface area contributed by atoms with Crippen LogP contribution < -0.4 is 15.6 Å². The molecule has 1 heterocycles. The van der Waals surface area contributed by atoms with Crippen molar-refractivity contribution in [3.05, 3.63) is 70.3 Å². The van der Waals surface area contributed by atoms with Crippen LogP contribution >= 0.6 is 0 Å². The number of halogens is 1. The number of hydrogen-bond acceptors (Lipinski definition) is 4. The summed E-state index contributed by atoms with van der Waals surface area (Å²) in [5.41, 5.74) is 0.865. The first-order valence-corrected chi connectivity index (χ1v) is 9.89. The number of benzene rings is 2. The van der Waals surface area contributed by atoms with E-state index in [9.17, 15) is 14.0 Å². The van der Waals surface area contributed by atoms with E-state index in [1.54, 1.807) is 36.4 Å². The van der Waals surface area contributed by atoms with Gasteiger partial charge in [0.05, 0.1) is 11.1 Å². The molecule has 1 amide bonds. The van der Waals surface area contributed by atoms with E-state index in [0.717, 1.165) is 18.9 Å². The second-order valence-corrected chi connectivity index (χ2v) is 7.49. The third kappa shape index (κ3) is 4.01. The van der Waals surface area contributed by atoms with Gasteiger partial charge in [0.2, 0.25) is 0 Å². The van der Waals surface area contributed by atoms with Gasteiger partial charge in [-0.25, -0.2) is 4.39 Å². The third-order valence-corrected chi connectivity index (χ3v) is 5.57. The molecule has 4 rings (SSSR count). The van der Waals surface area contributed by atoms with Crippen molar-refractivity contribution < 1.29 is 13.6 Å². The summed E-state index contributed by atoms with van der Waals surface area (Å²) in [6.45, 7) is 0. The van der Waals surface area contributed by atoms with Crippen LogP contribution in [0.4, 0.5) is 15.8 Å². The normalized spacial score (nSPS) is 14.7. The fourth-order valence-electron chi connectivity index (χ4n) is 3.94. The average molecular weight is 394 g/mol. The monoisotopic (exact) mass is 394 g/mol. The maximum Gasteiger partial charge on any atom is 0.291 e. The summed E-state index contributed by atoms with van der Waals surface area (Å²) < 4.78 is 20.2. The molecule has 6 heteroatoms. The number of anilines is 2. The fraction of sp³-hybridized carbons (Fsp3) is 0.304. The maximum absolute atomic E-state index is 14.7. The number of nitrogens with one attached hydrogen (secondary N) is 1. The Balaban J connectivity index is 1.53. The highest BCUT2D eigenvalue weighted by molar-refractivity contribution is 6.03. The number of amides is 1. The van der Waals surface area contributed by atoms with E-state index >= 15 is 0 Å². The molecule has 5 nitrogen and oxygen atoms in total. The van der Waals surface area contributed by atoms with Crippen LogP contribution in [-0.2, 0) is 0 Å². The first kappa shape index (κ1) is 19.2. The standard InChI is InChI=1S/C23H23FN2O3/c1-26(16-7-3-2-4-8-16)19-12-11-15(13-18(19)24)25-23(28)22-14-20(27)17-9-5-6-10-21(17)29-22/h5-6,9-14,16H,2-4,7-8H2,1H3,(H,25,28). The first-order chi connectivity index (χ1) is 14.0. The Morgan fingerprint density at radius 2 is 1.86 bits per heavy atom. The average Bonchev–Trinajstić information content (AvgIpc) is 2.74. The van der Waals surface area contributed by atoms with Gasteiger partial charge in [-0.15, -0.1) is 0 Å². The van der Waals surface area contributed by atoms with E-state index in [-0.39, 0.29) is 11.2 Å². The van der Waals surface area contributed by atoms with Crippen LogP contribution in [0.15, 0.2) is 57.7 Å². The largest absolute Gasteiger partial charge is 0.451 e. The molecule has 3 aromatic rings. The topological polar surface area (TPSA) is 62.6 Å². The summed E-state index contributed by atoms with van der Waals surface area (Å²) in [6.07, 6.45) is 5.71. The van der Waals surface area contributed by atoms with Crippen molar-refractivity contribution in [2.75, 3.05) is 17.3 Å². The SMILES string of the molecule is CN(c1ccc(NC(=O)c2cc(=O)c3ccccc3o2)cc1F)C1CCCCC1. The zero-order chi connectivity index (χ0) is 20.4. The molecule has 1 aliphatic carbocycles. The van der Waals surface area contributed by atoms with Crippen molar-refractivity contribution in [3.63, 3.8) is 0 Å². The molecular weight excluding hydrogens is 371 g/mol. The fourth-order valence-corrected chi connectivity index (χ4v) is 3.94. The number of hydrogen-bond donors (Lipinski definition) is 1. The Morgan fingerprint density at radius 1 is 1.10 bits per heavy atom. The van der Waals surface area contributed by atoms with E-state index in [0.29, 0.717) is 28.4 Å². The van der Waals surface area contributed by atoms with Crippen LogP contribution in [-0.4, -0.2) is 19.0 Å². The Labute approximate surface area is 168 Å². The van der Waals surface area contributed by atoms with Crippen molar-refractivity contribution in [1.82, 2.24) is 0 Å². The van der Waals surface area contributed by atoms with Gasteiger partial charge in [0.15, 0.2) is 11.2 Å². The number of para-hydroxylation sites is 1. The zero-order valence-electron chi connectivity index (χ0n) is 16.3. The van der Waals surface area contributed by atoms with Crippen molar-refractivity contribution in [3.8, 4) is 0 Å². The molecule has 1 aliphatic rings. The number of carbonyl (C=O) groups is 1. The van der Waals surface area contributed by atoms with Crippen LogP contribution in [0, 0.1) is 5.82 Å². The van der Waals surface area contributed by atoms with E-state index in [4.69, 9.17) is 4.42 Å². The van der Waals surface area contributed by atoms with Crippen LogP contribution in [0.5, 0.6) is 0 Å². The second kappa shape index (κ2) is 8.07. The number of rotatable bonds is 4. The molecule has 2 aromatic carbocycles. The number of nitrogens with zero attached hydrogens (tertiary/aromatic N) is 1. The lowest BCUT2D eigenvalue weighted by Crippen LogP contribution is -2.33. The van der Waals surface area contributed by atoms with Crippen LogP contribution in [0.3, 0.4) is 0 Å². The highest BCUT2D eigenvalue weighted by atomic mass is 19.1. The summed E-state index contributed by atoms with van der Waals surface area (Å²) in [5.74, 6) is -1.10. The van der Waals surface area contributed by atoms with Crippen molar-refractivity contribution >= 4 is 28.3 Å². The van der Waals surface area contributed by atoms with Gasteiger partial charge in [0.25, 0.3) is 5.91 Å². The van der Waals surface area contributed by atoms with Gasteiger partial charge in [-0.05, 0) is 43.2 Å². The van der Waals surface area contributed by atoms with Gasteiger partial charge >= 0.3 is 0 Å². The summed E-state index contributed by atoms with van der Waals surface area (Å²) in [5, 5.41) is 3.01. The molecule has 0 aliphatic heterocycles. The van der Waals surface area contributed by atoms with E-state index in [1.165, 1.54) is 25.3 Å². The summed E-state index contributed by atoms with van der Waals surface area (Å²) in [4.78, 5) is 26.7. The molecule has 29 heavy (non-hydrogen) atoms. The highest BCUT2D eigenvalue weighted by Crippen LogP contribution is 2.29. The molecular formula is C23H23FN2O3. The lowest BCUT2D eigenvalue weighted by atomic mass is 9.94. The Hall–Kier alpha value is -3.15. The molecule has 150 valence electrons. The second-order valence-electron chi connectivity index (χ2n) is 7.49. The number of carbonyl (C=O) groups excluding carboxylic acids is 1. The van der Waals surface area contributed by atoms with Crippen molar-refractivity contribution in [2.24, 2.45) is 0 Å². The minimum atomic E-state index is -0.597. The minimum absolute atomic E-state index is 0.113. The quantitative estimate of drug-likeness (QED) is 0.680. The van der Waals surface area contributed by atoms with E-state index < -0.39 is 11.7 Å². The highest BCUT2D eigenvalue weighted by Gasteiger charge is 2.21. The zero-order valence-corrected chi connectivity index (χ0v) is 16.3. The predicted octanol–water partition coefficient (Wildman–Crippen LogP) is 4.95. The predicted molar refractivity (Wildman–Crippen MR) is 112 cm³/mol. The van der Waals surface area contributed by atoms with Crippen LogP contribution in [0.2, 0.25) is 0 Å². The molecule has 0 atom stereocenters. The van der Waals surface area contributed by atoms with Crippen molar-refractivity contribution in [2.45, 2.75) is 38.1 Å². The van der Waals surface area contributed by atoms with Gasteiger partial charge < -0.3 is 14.6 Å². The molecule has 1 N–H and O–H groups in total. The smallest absolute Gasteiger partial charge is 0.291 e. The Bertz CT molecular complexity index is 1100. The molecule has 0 radical (unpaired) electrons. The maximum atomic E-state index is 14.7. The lowest BCUT2D eigenvalue weighted by Gasteiger charge is -2.33. The van der Waals surface area contributed by atoms with Gasteiger partial charge in [-0.2, -0.15) is 0 Å². The van der Waals surface area contributed by atoms with Crippen molar-refractivity contribution in [1.29, 1.82) is 0 Å². The van der Waals surface area contributed by atoms with Gasteiger partial charge in [0.1, 0.15) is 11.4 Å². The van der Waals surface area contributed by atoms with Crippen LogP contribution in [0.1, 0.15) is 42.7 Å². The van der Waals surface area contributed by atoms with Gasteiger partial charge in [-0.3, -0.25) is 9.59 Å². The molecule has 0 saturated heterocycles. The molecule has 1 aromatic heterocycles. The van der Waals surface area contributed by atoms with Crippen LogP contribution in [0.25, 0.3) is 11.0 Å². The van der Waals surface area contributed by atoms with E-state index in [1.807, 2.05) is 11.9 Å². The summed E-state index contributed by atoms with van der Waals surface area (Å²) >= 11 is 0. The Morgan fingerprint density at radius 3 is 2.62 bits per heavy atom. The molecule has 0 unspecified atom stereocenters. The lowest BCUT2D eigenvalue weighted by molar-refractivity contribution is 0.0997. The molecule has 0 bridgehead atoms. The van der Waals surface area contributed by atoms with Gasteiger partial charge in [-0.1, -0.05) is 31.4 Å². The Kier molecular flexibility index (Phi) is 5.34. The number of fused-ring (bicyclic) bond motifs is 1. The first-order valence-electron chi connectivity index (χ1n) is 9.89. The van der Waals surface area contributed by atoms with E-state index in [2.05, 4.69) is 5.32 Å². The molecule has 1 saturated carbocycles. The minimum Gasteiger partial charge on any atom is -0.451 e. The third-order valence-electron chi connectivity index (χ3n) is 5.57. The van der Waals surface area contributed by atoms with Gasteiger partial charge in [0, 0.05) is 24.8 Å². The molecule has 0 spiro atoms. The molecule has 1 fully saturated rings.